The molecule has 1 atom stereocenters. The van der Waals surface area contributed by atoms with Gasteiger partial charge in [-0.3, -0.25) is 9.10 Å². The highest BCUT2D eigenvalue weighted by atomic mass is 32.2. The Kier molecular flexibility index (Phi) is 6.51. The Morgan fingerprint density at radius 3 is 2.65 bits per heavy atom. The van der Waals surface area contributed by atoms with Crippen molar-refractivity contribution in [3.8, 4) is 0 Å². The fourth-order valence-electron chi connectivity index (χ4n) is 3.20. The van der Waals surface area contributed by atoms with Crippen LogP contribution in [0, 0.1) is 5.92 Å². The van der Waals surface area contributed by atoms with Crippen LogP contribution in [0.3, 0.4) is 0 Å². The number of fused-ring (bicyclic) bond motifs is 1. The van der Waals surface area contributed by atoms with E-state index in [1.165, 1.54) is 16.4 Å². The molecule has 0 saturated heterocycles. The van der Waals surface area contributed by atoms with E-state index in [0.717, 1.165) is 5.56 Å². The van der Waals surface area contributed by atoms with Crippen molar-refractivity contribution in [3.05, 3.63) is 48.0 Å². The molecule has 31 heavy (non-hydrogen) atoms. The Bertz CT molecular complexity index is 1190. The molecule has 1 unspecified atom stereocenters. The van der Waals surface area contributed by atoms with E-state index in [0.29, 0.717) is 17.6 Å². The van der Waals surface area contributed by atoms with Gasteiger partial charge in [0.05, 0.1) is 10.6 Å². The van der Waals surface area contributed by atoms with Gasteiger partial charge in [0.2, 0.25) is 5.91 Å². The van der Waals surface area contributed by atoms with Crippen LogP contribution in [0.2, 0.25) is 0 Å². The minimum absolute atomic E-state index is 0.0329. The number of hydrogen-bond donors (Lipinski definition) is 3. The van der Waals surface area contributed by atoms with Gasteiger partial charge >= 0.3 is 0 Å². The largest absolute Gasteiger partial charge is 0.424 e. The van der Waals surface area contributed by atoms with Crippen molar-refractivity contribution >= 4 is 38.7 Å². The number of oxazole rings is 1. The van der Waals surface area contributed by atoms with Crippen molar-refractivity contribution in [2.75, 3.05) is 16.6 Å². The number of carbonyl (C=O) groups is 1. The Hall–Kier alpha value is -3.11. The third-order valence-electron chi connectivity index (χ3n) is 4.73. The fraction of sp³-hybridized carbons (Fsp3) is 0.333. The van der Waals surface area contributed by atoms with E-state index in [9.17, 15) is 18.3 Å². The lowest BCUT2D eigenvalue weighted by Crippen LogP contribution is -2.34. The predicted molar refractivity (Wildman–Crippen MR) is 118 cm³/mol. The molecule has 0 aliphatic rings. The zero-order valence-corrected chi connectivity index (χ0v) is 18.2. The Labute approximate surface area is 180 Å². The monoisotopic (exact) mass is 446 g/mol. The lowest BCUT2D eigenvalue weighted by atomic mass is 10.1. The van der Waals surface area contributed by atoms with E-state index in [1.807, 2.05) is 13.8 Å². The van der Waals surface area contributed by atoms with Crippen LogP contribution < -0.4 is 15.8 Å². The number of nitrogens with zero attached hydrogens (tertiary/aromatic N) is 2. The highest BCUT2D eigenvalue weighted by Crippen LogP contribution is 2.28. The van der Waals surface area contributed by atoms with E-state index >= 15 is 0 Å². The van der Waals surface area contributed by atoms with Crippen molar-refractivity contribution in [1.29, 1.82) is 0 Å². The molecule has 0 aliphatic heterocycles. The van der Waals surface area contributed by atoms with Gasteiger partial charge in [-0.05, 0) is 48.6 Å². The number of aliphatic hydroxyl groups is 1. The lowest BCUT2D eigenvalue weighted by Gasteiger charge is -2.26. The molecule has 1 aromatic heterocycles. The summed E-state index contributed by atoms with van der Waals surface area (Å²) in [7, 11) is -3.91. The summed E-state index contributed by atoms with van der Waals surface area (Å²) in [5.74, 6) is -0.733. The van der Waals surface area contributed by atoms with Crippen LogP contribution in [-0.4, -0.2) is 37.1 Å². The summed E-state index contributed by atoms with van der Waals surface area (Å²) in [5.41, 5.74) is 12.7. The molecule has 1 amide bonds. The normalized spacial score (nSPS) is 12.9. The minimum atomic E-state index is -3.91. The fourth-order valence-corrected chi connectivity index (χ4v) is 4.83. The van der Waals surface area contributed by atoms with E-state index in [4.69, 9.17) is 15.9 Å². The van der Waals surface area contributed by atoms with Crippen LogP contribution >= 0.6 is 0 Å². The number of anilines is 2. The first-order valence-corrected chi connectivity index (χ1v) is 11.3. The summed E-state index contributed by atoms with van der Waals surface area (Å²) in [6, 6.07) is 11.4. The van der Waals surface area contributed by atoms with Gasteiger partial charge in [0.1, 0.15) is 11.6 Å². The Balaban J connectivity index is 1.96. The van der Waals surface area contributed by atoms with Crippen LogP contribution in [0.15, 0.2) is 51.8 Å². The quantitative estimate of drug-likeness (QED) is 0.454. The van der Waals surface area contributed by atoms with E-state index in [2.05, 4.69) is 4.98 Å². The standard InChI is InChI=1S/C21H26N4O5S/c1-13(2)12-25(15-5-3-4-14(10-15)6-9-18(26)20(22)27)31(28,29)16-7-8-17-19(11-16)30-21(23)24-17/h3-5,7-8,10-11,13,18,26H,6,9,12H2,1-2H3,(H2,22,27)(H2,23,24). The number of amides is 1. The molecule has 0 spiro atoms. The molecule has 10 heteroatoms. The van der Waals surface area contributed by atoms with Crippen molar-refractivity contribution in [2.24, 2.45) is 11.7 Å². The summed E-state index contributed by atoms with van der Waals surface area (Å²) >= 11 is 0. The molecule has 5 N–H and O–H groups in total. The van der Waals surface area contributed by atoms with Crippen LogP contribution in [0.4, 0.5) is 11.7 Å². The van der Waals surface area contributed by atoms with Crippen LogP contribution in [0.25, 0.3) is 11.1 Å². The predicted octanol–water partition coefficient (Wildman–Crippen LogP) is 2.04. The third kappa shape index (κ3) is 5.15. The zero-order valence-electron chi connectivity index (χ0n) is 17.4. The maximum Gasteiger partial charge on any atom is 0.292 e. The number of rotatable bonds is 9. The highest BCUT2D eigenvalue weighted by molar-refractivity contribution is 7.92. The second-order valence-electron chi connectivity index (χ2n) is 7.74. The van der Waals surface area contributed by atoms with Gasteiger partial charge in [-0.1, -0.05) is 26.0 Å². The number of aryl methyl sites for hydroxylation is 1. The number of aromatic nitrogens is 1. The lowest BCUT2D eigenvalue weighted by molar-refractivity contribution is -0.126. The number of hydrogen-bond acceptors (Lipinski definition) is 7. The maximum absolute atomic E-state index is 13.5. The molecule has 0 radical (unpaired) electrons. The van der Waals surface area contributed by atoms with Gasteiger partial charge in [0.15, 0.2) is 5.58 Å². The van der Waals surface area contributed by atoms with Gasteiger partial charge in [-0.25, -0.2) is 8.42 Å². The minimum Gasteiger partial charge on any atom is -0.424 e. The molecule has 3 rings (SSSR count). The molecule has 2 aromatic carbocycles. The van der Waals surface area contributed by atoms with E-state index < -0.39 is 22.0 Å². The molecule has 0 bridgehead atoms. The topological polar surface area (TPSA) is 153 Å². The summed E-state index contributed by atoms with van der Waals surface area (Å²) in [6.07, 6.45) is -0.726. The Morgan fingerprint density at radius 2 is 1.97 bits per heavy atom. The highest BCUT2D eigenvalue weighted by Gasteiger charge is 2.27. The maximum atomic E-state index is 13.5. The molecule has 166 valence electrons. The van der Waals surface area contributed by atoms with E-state index in [-0.39, 0.29) is 35.4 Å². The Morgan fingerprint density at radius 1 is 1.23 bits per heavy atom. The molecular formula is C21H26N4O5S. The number of primary amides is 1. The molecule has 9 nitrogen and oxygen atoms in total. The second-order valence-corrected chi connectivity index (χ2v) is 9.60. The second kappa shape index (κ2) is 8.94. The zero-order chi connectivity index (χ0) is 22.8. The van der Waals surface area contributed by atoms with Gasteiger partial charge in [0, 0.05) is 12.6 Å². The van der Waals surface area contributed by atoms with Crippen LogP contribution in [0.5, 0.6) is 0 Å². The van der Waals surface area contributed by atoms with Gasteiger partial charge in [-0.2, -0.15) is 4.98 Å². The molecular weight excluding hydrogens is 420 g/mol. The summed E-state index contributed by atoms with van der Waals surface area (Å²) in [4.78, 5) is 15.1. The van der Waals surface area contributed by atoms with Crippen molar-refractivity contribution in [1.82, 2.24) is 4.98 Å². The molecule has 3 aromatic rings. The summed E-state index contributed by atoms with van der Waals surface area (Å²) in [5, 5.41) is 9.65. The van der Waals surface area contributed by atoms with Crippen molar-refractivity contribution in [2.45, 2.75) is 37.7 Å². The van der Waals surface area contributed by atoms with Gasteiger partial charge in [0.25, 0.3) is 16.0 Å². The number of carbonyl (C=O) groups excluding carboxylic acids is 1. The average molecular weight is 447 g/mol. The summed E-state index contributed by atoms with van der Waals surface area (Å²) in [6.45, 7) is 4.11. The molecule has 0 aliphatic carbocycles. The smallest absolute Gasteiger partial charge is 0.292 e. The van der Waals surface area contributed by atoms with Gasteiger partial charge < -0.3 is 21.0 Å². The number of aliphatic hydroxyl groups excluding tert-OH is 1. The number of nitrogens with two attached hydrogens (primary N) is 2. The van der Waals surface area contributed by atoms with E-state index in [1.54, 1.807) is 30.3 Å². The van der Waals surface area contributed by atoms with Crippen LogP contribution in [-0.2, 0) is 21.2 Å². The van der Waals surface area contributed by atoms with Gasteiger partial charge in [-0.15, -0.1) is 0 Å². The number of benzene rings is 2. The first-order valence-electron chi connectivity index (χ1n) is 9.83. The number of nitrogen functional groups attached to an aromatic ring is 1. The van der Waals surface area contributed by atoms with Crippen molar-refractivity contribution in [3.63, 3.8) is 0 Å². The SMILES string of the molecule is CC(C)CN(c1cccc(CCC(O)C(N)=O)c1)S(=O)(=O)c1ccc2nc(N)oc2c1. The number of sulfonamides is 1. The molecule has 0 fully saturated rings. The molecule has 1 heterocycles. The third-order valence-corrected chi connectivity index (χ3v) is 6.52. The first kappa shape index (κ1) is 22.6. The summed E-state index contributed by atoms with van der Waals surface area (Å²) < 4.78 is 33.7. The molecule has 0 saturated carbocycles. The first-order chi connectivity index (χ1) is 14.6. The van der Waals surface area contributed by atoms with Crippen LogP contribution in [0.1, 0.15) is 25.8 Å². The average Bonchev–Trinajstić information content (AvgIpc) is 3.09. The van der Waals surface area contributed by atoms with Crippen molar-refractivity contribution < 1.29 is 22.7 Å².